The Balaban J connectivity index is 1.75. The van der Waals surface area contributed by atoms with Gasteiger partial charge in [0.2, 0.25) is 5.58 Å². The first-order valence-electron chi connectivity index (χ1n) is 8.01. The fourth-order valence-electron chi connectivity index (χ4n) is 3.39. The Kier molecular flexibility index (Phi) is 3.63. The van der Waals surface area contributed by atoms with Crippen molar-refractivity contribution in [3.05, 3.63) is 40.4 Å². The molecule has 0 saturated carbocycles. The summed E-state index contributed by atoms with van der Waals surface area (Å²) in [6.07, 6.45) is 3.23. The molecule has 23 heavy (non-hydrogen) atoms. The van der Waals surface area contributed by atoms with Crippen molar-refractivity contribution in [1.29, 1.82) is 0 Å². The number of H-pyrrole nitrogens is 1. The number of fused-ring (bicyclic) bond motifs is 3. The predicted octanol–water partition coefficient (Wildman–Crippen LogP) is 2.02. The summed E-state index contributed by atoms with van der Waals surface area (Å²) >= 11 is 0. The highest BCUT2D eigenvalue weighted by atomic mass is 16.3. The van der Waals surface area contributed by atoms with Gasteiger partial charge in [-0.05, 0) is 31.5 Å². The van der Waals surface area contributed by atoms with Crippen LogP contribution in [-0.4, -0.2) is 39.2 Å². The number of benzene rings is 1. The summed E-state index contributed by atoms with van der Waals surface area (Å²) in [5, 5.41) is 10.4. The first kappa shape index (κ1) is 14.4. The van der Waals surface area contributed by atoms with Crippen LogP contribution in [0.4, 0.5) is 0 Å². The van der Waals surface area contributed by atoms with Crippen LogP contribution in [0.25, 0.3) is 22.1 Å². The highest BCUT2D eigenvalue weighted by molar-refractivity contribution is 6.01. The van der Waals surface area contributed by atoms with E-state index in [0.29, 0.717) is 23.5 Å². The van der Waals surface area contributed by atoms with E-state index in [1.54, 1.807) is 0 Å². The number of rotatable bonds is 3. The van der Waals surface area contributed by atoms with Gasteiger partial charge in [0.15, 0.2) is 0 Å². The Hall–Kier alpha value is -2.18. The van der Waals surface area contributed by atoms with Gasteiger partial charge in [0, 0.05) is 11.4 Å². The van der Waals surface area contributed by atoms with Gasteiger partial charge in [-0.1, -0.05) is 18.6 Å². The van der Waals surface area contributed by atoms with E-state index in [-0.39, 0.29) is 23.8 Å². The largest absolute Gasteiger partial charge is 0.449 e. The maximum atomic E-state index is 12.3. The Morgan fingerprint density at radius 1 is 1.35 bits per heavy atom. The predicted molar refractivity (Wildman–Crippen MR) is 87.3 cm³/mol. The van der Waals surface area contributed by atoms with Gasteiger partial charge in [-0.15, -0.1) is 0 Å². The minimum absolute atomic E-state index is 0.140. The quantitative estimate of drug-likeness (QED) is 0.773. The monoisotopic (exact) mass is 313 g/mol. The van der Waals surface area contributed by atoms with Gasteiger partial charge in [-0.2, -0.15) is 0 Å². The Morgan fingerprint density at radius 2 is 2.22 bits per heavy atom. The van der Waals surface area contributed by atoms with Crippen LogP contribution in [0, 0.1) is 0 Å². The van der Waals surface area contributed by atoms with Crippen molar-refractivity contribution in [2.75, 3.05) is 13.2 Å². The number of furan rings is 1. The van der Waals surface area contributed by atoms with E-state index in [4.69, 9.17) is 4.42 Å². The average Bonchev–Trinajstić information content (AvgIpc) is 2.95. The van der Waals surface area contributed by atoms with Gasteiger partial charge in [0.25, 0.3) is 5.56 Å². The second kappa shape index (κ2) is 5.79. The number of nitrogens with zero attached hydrogens (tertiary/aromatic N) is 2. The zero-order valence-corrected chi connectivity index (χ0v) is 12.8. The lowest BCUT2D eigenvalue weighted by Crippen LogP contribution is -2.41. The zero-order valence-electron chi connectivity index (χ0n) is 12.8. The van der Waals surface area contributed by atoms with E-state index in [1.807, 2.05) is 24.3 Å². The standard InChI is InChI=1S/C17H19N3O3/c21-10-11-5-3-4-8-20(11)9-14-18-15-12-6-1-2-7-13(12)23-16(15)17(22)19-14/h1-2,6-7,11,21H,3-5,8-10H2,(H,18,19,22)/t11-/m1/s1. The molecule has 0 amide bonds. The molecule has 1 aliphatic rings. The van der Waals surface area contributed by atoms with Crippen LogP contribution in [0.5, 0.6) is 0 Å². The zero-order chi connectivity index (χ0) is 15.8. The highest BCUT2D eigenvalue weighted by Gasteiger charge is 2.23. The van der Waals surface area contributed by atoms with E-state index in [2.05, 4.69) is 14.9 Å². The van der Waals surface area contributed by atoms with E-state index in [0.717, 1.165) is 31.2 Å². The minimum atomic E-state index is -0.251. The molecule has 0 radical (unpaired) electrons. The first-order valence-corrected chi connectivity index (χ1v) is 8.01. The molecule has 0 unspecified atom stereocenters. The third kappa shape index (κ3) is 2.54. The molecule has 1 fully saturated rings. The van der Waals surface area contributed by atoms with Crippen molar-refractivity contribution in [2.45, 2.75) is 31.8 Å². The molecule has 6 heteroatoms. The molecule has 3 aromatic rings. The molecule has 3 heterocycles. The van der Waals surface area contributed by atoms with E-state index in [1.165, 1.54) is 0 Å². The van der Waals surface area contributed by atoms with Gasteiger partial charge >= 0.3 is 0 Å². The number of piperidine rings is 1. The SMILES string of the molecule is O=c1[nH]c(CN2CCCC[C@@H]2CO)nc2c1oc1ccccc12. The maximum Gasteiger partial charge on any atom is 0.294 e. The van der Waals surface area contributed by atoms with Crippen LogP contribution in [0.1, 0.15) is 25.1 Å². The third-order valence-corrected chi connectivity index (χ3v) is 4.59. The summed E-state index contributed by atoms with van der Waals surface area (Å²) in [5.74, 6) is 0.620. The number of aliphatic hydroxyl groups is 1. The van der Waals surface area contributed by atoms with Crippen molar-refractivity contribution in [3.63, 3.8) is 0 Å². The molecule has 1 aromatic carbocycles. The van der Waals surface area contributed by atoms with Crippen LogP contribution in [0.3, 0.4) is 0 Å². The van der Waals surface area contributed by atoms with Crippen LogP contribution < -0.4 is 5.56 Å². The number of aromatic amines is 1. The molecule has 4 rings (SSSR count). The summed E-state index contributed by atoms with van der Waals surface area (Å²) in [6, 6.07) is 7.68. The molecule has 0 bridgehead atoms. The molecule has 1 saturated heterocycles. The van der Waals surface area contributed by atoms with Crippen molar-refractivity contribution in [1.82, 2.24) is 14.9 Å². The van der Waals surface area contributed by atoms with Gasteiger partial charge < -0.3 is 14.5 Å². The van der Waals surface area contributed by atoms with E-state index in [9.17, 15) is 9.90 Å². The smallest absolute Gasteiger partial charge is 0.294 e. The maximum absolute atomic E-state index is 12.3. The molecular formula is C17H19N3O3. The van der Waals surface area contributed by atoms with Gasteiger partial charge in [-0.25, -0.2) is 4.98 Å². The summed E-state index contributed by atoms with van der Waals surface area (Å²) in [5.41, 5.74) is 1.30. The number of hydrogen-bond donors (Lipinski definition) is 2. The van der Waals surface area contributed by atoms with E-state index >= 15 is 0 Å². The third-order valence-electron chi connectivity index (χ3n) is 4.59. The Bertz CT molecular complexity index is 899. The van der Waals surface area contributed by atoms with Crippen molar-refractivity contribution < 1.29 is 9.52 Å². The summed E-state index contributed by atoms with van der Waals surface area (Å²) in [7, 11) is 0. The Labute approximate surface area is 132 Å². The van der Waals surface area contributed by atoms with Crippen molar-refractivity contribution in [3.8, 4) is 0 Å². The minimum Gasteiger partial charge on any atom is -0.449 e. The molecule has 2 N–H and O–H groups in total. The second-order valence-corrected chi connectivity index (χ2v) is 6.09. The van der Waals surface area contributed by atoms with Crippen molar-refractivity contribution >= 4 is 22.1 Å². The number of aliphatic hydroxyl groups excluding tert-OH is 1. The highest BCUT2D eigenvalue weighted by Crippen LogP contribution is 2.25. The van der Waals surface area contributed by atoms with Crippen LogP contribution in [0.2, 0.25) is 0 Å². The summed E-state index contributed by atoms with van der Waals surface area (Å²) in [4.78, 5) is 21.9. The van der Waals surface area contributed by atoms with E-state index < -0.39 is 0 Å². The number of likely N-dealkylation sites (tertiary alicyclic amines) is 1. The van der Waals surface area contributed by atoms with Gasteiger partial charge in [0.1, 0.15) is 16.9 Å². The molecule has 0 spiro atoms. The number of nitrogens with one attached hydrogen (secondary N) is 1. The normalized spacial score (nSPS) is 19.6. The first-order chi connectivity index (χ1) is 11.3. The lowest BCUT2D eigenvalue weighted by molar-refractivity contribution is 0.0819. The molecular weight excluding hydrogens is 294 g/mol. The number of para-hydroxylation sites is 1. The molecule has 120 valence electrons. The topological polar surface area (TPSA) is 82.4 Å². The number of hydrogen-bond acceptors (Lipinski definition) is 5. The fraction of sp³-hybridized carbons (Fsp3) is 0.412. The molecule has 0 aliphatic carbocycles. The second-order valence-electron chi connectivity index (χ2n) is 6.09. The lowest BCUT2D eigenvalue weighted by atomic mass is 10.0. The van der Waals surface area contributed by atoms with Crippen molar-refractivity contribution in [2.24, 2.45) is 0 Å². The van der Waals surface area contributed by atoms with Crippen LogP contribution in [0.15, 0.2) is 33.5 Å². The van der Waals surface area contributed by atoms with Gasteiger partial charge in [-0.3, -0.25) is 9.69 Å². The lowest BCUT2D eigenvalue weighted by Gasteiger charge is -2.33. The summed E-state index contributed by atoms with van der Waals surface area (Å²) in [6.45, 7) is 1.59. The molecule has 2 aromatic heterocycles. The Morgan fingerprint density at radius 3 is 3.09 bits per heavy atom. The fourth-order valence-corrected chi connectivity index (χ4v) is 3.39. The molecule has 6 nitrogen and oxygen atoms in total. The van der Waals surface area contributed by atoms with Crippen LogP contribution >= 0.6 is 0 Å². The molecule has 1 aliphatic heterocycles. The van der Waals surface area contributed by atoms with Gasteiger partial charge in [0.05, 0.1) is 13.2 Å². The summed E-state index contributed by atoms with van der Waals surface area (Å²) < 4.78 is 5.61. The molecule has 1 atom stereocenters. The van der Waals surface area contributed by atoms with Crippen LogP contribution in [-0.2, 0) is 6.54 Å². The average molecular weight is 313 g/mol. The number of aromatic nitrogens is 2.